The molecule has 1 saturated heterocycles. The molecular formula is C31H35FN6O5S. The fourth-order valence-electron chi connectivity index (χ4n) is 5.16. The second-order valence-electron chi connectivity index (χ2n) is 10.9. The Hall–Kier alpha value is -3.99. The minimum Gasteiger partial charge on any atom is -0.483 e. The lowest BCUT2D eigenvalue weighted by Crippen LogP contribution is -2.35. The quantitative estimate of drug-likeness (QED) is 0.189. The average Bonchev–Trinajstić information content (AvgIpc) is 3.32. The summed E-state index contributed by atoms with van der Waals surface area (Å²) in [5.41, 5.74) is 2.41. The summed E-state index contributed by atoms with van der Waals surface area (Å²) in [5, 5.41) is 18.6. The Kier molecular flexibility index (Phi) is 10.5. The van der Waals surface area contributed by atoms with Crippen LogP contribution in [0.15, 0.2) is 36.0 Å². The molecule has 0 radical (unpaired) electrons. The summed E-state index contributed by atoms with van der Waals surface area (Å²) in [6.45, 7) is 5.82. The minimum atomic E-state index is -0.890. The molecule has 1 fully saturated rings. The zero-order valence-corrected chi connectivity index (χ0v) is 25.4. The average molecular weight is 623 g/mol. The smallest absolute Gasteiger partial charge is 0.331 e. The normalized spacial score (nSPS) is 16.4. The molecule has 13 heteroatoms. The van der Waals surface area contributed by atoms with Gasteiger partial charge in [0.2, 0.25) is 5.88 Å². The van der Waals surface area contributed by atoms with Crippen molar-refractivity contribution in [3.63, 3.8) is 0 Å². The summed E-state index contributed by atoms with van der Waals surface area (Å²) >= 11 is 4.63. The summed E-state index contributed by atoms with van der Waals surface area (Å²) < 4.78 is 33.3. The van der Waals surface area contributed by atoms with Gasteiger partial charge in [-0.15, -0.1) is 0 Å². The number of benzene rings is 1. The Morgan fingerprint density at radius 3 is 2.86 bits per heavy atom. The first-order chi connectivity index (χ1) is 21.3. The predicted octanol–water partition coefficient (Wildman–Crippen LogP) is 4.06. The number of aliphatic carboxylic acids is 1. The molecule has 11 nitrogen and oxygen atoms in total. The number of aryl methyl sites for hydroxylation is 1. The van der Waals surface area contributed by atoms with Crippen LogP contribution in [0.1, 0.15) is 54.8 Å². The number of nitrogens with zero attached hydrogens (tertiary/aromatic N) is 6. The second kappa shape index (κ2) is 14.7. The first-order valence-corrected chi connectivity index (χ1v) is 15.1. The maximum atomic E-state index is 14.1. The molecule has 232 valence electrons. The molecule has 5 rings (SSSR count). The lowest BCUT2D eigenvalue weighted by atomic mass is 10.00. The highest BCUT2D eigenvalue weighted by molar-refractivity contribution is 7.80. The molecule has 1 N–H and O–H groups in total. The topological polar surface area (TPSA) is 136 Å². The maximum Gasteiger partial charge on any atom is 0.331 e. The van der Waals surface area contributed by atoms with Gasteiger partial charge in [-0.05, 0) is 50.0 Å². The largest absolute Gasteiger partial charge is 0.483 e. The van der Waals surface area contributed by atoms with Gasteiger partial charge < -0.3 is 23.9 Å². The molecular weight excluding hydrogens is 587 g/mol. The summed E-state index contributed by atoms with van der Waals surface area (Å²) in [7, 11) is 0. The molecule has 0 amide bonds. The Labute approximate surface area is 260 Å². The van der Waals surface area contributed by atoms with E-state index in [4.69, 9.17) is 24.5 Å². The van der Waals surface area contributed by atoms with Gasteiger partial charge >= 0.3 is 5.97 Å². The summed E-state index contributed by atoms with van der Waals surface area (Å²) in [6.07, 6.45) is 6.18. The fourth-order valence-corrected chi connectivity index (χ4v) is 5.39. The highest BCUT2D eigenvalue weighted by Gasteiger charge is 2.27. The third kappa shape index (κ3) is 8.13. The van der Waals surface area contributed by atoms with Gasteiger partial charge in [0.1, 0.15) is 12.4 Å². The van der Waals surface area contributed by atoms with Crippen molar-refractivity contribution in [3.05, 3.63) is 70.5 Å². The van der Waals surface area contributed by atoms with Crippen LogP contribution >= 0.6 is 12.6 Å². The number of halogens is 1. The molecule has 0 bridgehead atoms. The predicted molar refractivity (Wildman–Crippen MR) is 162 cm³/mol. The van der Waals surface area contributed by atoms with Crippen molar-refractivity contribution >= 4 is 24.7 Å². The molecule has 1 aliphatic heterocycles. The number of carboxylic acids is 1. The lowest BCUT2D eigenvalue weighted by molar-refractivity contribution is -0.132. The van der Waals surface area contributed by atoms with Crippen molar-refractivity contribution in [3.8, 4) is 17.7 Å². The van der Waals surface area contributed by atoms with Gasteiger partial charge in [0, 0.05) is 42.8 Å². The number of hydrogen-bond acceptors (Lipinski definition) is 10. The number of carbonyl (C=O) groups is 1. The fraction of sp³-hybridized carbons (Fsp3) is 0.452. The summed E-state index contributed by atoms with van der Waals surface area (Å²) in [6, 6.07) is 7.54. The van der Waals surface area contributed by atoms with Gasteiger partial charge in [-0.25, -0.2) is 19.2 Å². The molecule has 1 aromatic carbocycles. The van der Waals surface area contributed by atoms with E-state index in [9.17, 15) is 14.3 Å². The van der Waals surface area contributed by atoms with Crippen molar-refractivity contribution in [1.82, 2.24) is 24.4 Å². The third-order valence-electron chi connectivity index (χ3n) is 7.41. The number of fused-ring (bicyclic) bond motifs is 1. The number of rotatable bonds is 15. The number of thiol groups is 1. The molecule has 44 heavy (non-hydrogen) atoms. The van der Waals surface area contributed by atoms with Gasteiger partial charge in [0.05, 0.1) is 48.8 Å². The number of imidazole rings is 1. The number of ether oxygens (including phenoxy) is 3. The van der Waals surface area contributed by atoms with Crippen LogP contribution in [-0.2, 0) is 35.6 Å². The van der Waals surface area contributed by atoms with Crippen LogP contribution in [0.2, 0.25) is 0 Å². The first-order valence-electron chi connectivity index (χ1n) is 14.6. The van der Waals surface area contributed by atoms with Crippen molar-refractivity contribution in [2.75, 3.05) is 26.3 Å². The Morgan fingerprint density at radius 1 is 1.32 bits per heavy atom. The second-order valence-corrected chi connectivity index (χ2v) is 11.8. The Morgan fingerprint density at radius 2 is 2.16 bits per heavy atom. The van der Waals surface area contributed by atoms with Crippen molar-refractivity contribution in [1.29, 1.82) is 5.26 Å². The van der Waals surface area contributed by atoms with E-state index >= 15 is 0 Å². The molecule has 0 saturated carbocycles. The van der Waals surface area contributed by atoms with E-state index in [1.165, 1.54) is 12.1 Å². The summed E-state index contributed by atoms with van der Waals surface area (Å²) in [4.78, 5) is 27.4. The molecule has 2 unspecified atom stereocenters. The number of aromatic nitrogens is 4. The Balaban J connectivity index is 1.18. The SMILES string of the molecule is CC(S)CN(CCCOc1ccnc(COc2ccc(C#N)cc2F)n1)Cc1nc2c(n1CC1CCO1)C=C(C(=O)O)CC2. The van der Waals surface area contributed by atoms with Gasteiger partial charge in [0.15, 0.2) is 17.4 Å². The van der Waals surface area contributed by atoms with Crippen LogP contribution in [0.5, 0.6) is 11.6 Å². The lowest BCUT2D eigenvalue weighted by Gasteiger charge is -2.29. The van der Waals surface area contributed by atoms with Crippen molar-refractivity contribution in [2.24, 2.45) is 0 Å². The van der Waals surface area contributed by atoms with Crippen molar-refractivity contribution < 1.29 is 28.5 Å². The molecule has 3 aromatic rings. The van der Waals surface area contributed by atoms with E-state index in [0.717, 1.165) is 49.4 Å². The number of hydrogen-bond donors (Lipinski definition) is 2. The summed E-state index contributed by atoms with van der Waals surface area (Å²) in [5.74, 6) is 0.108. The number of carboxylic acid groups (broad SMARTS) is 1. The van der Waals surface area contributed by atoms with E-state index in [0.29, 0.717) is 56.2 Å². The van der Waals surface area contributed by atoms with Crippen LogP contribution in [0, 0.1) is 17.1 Å². The molecule has 2 aromatic heterocycles. The minimum absolute atomic E-state index is 0.0116. The zero-order valence-electron chi connectivity index (χ0n) is 24.5. The third-order valence-corrected chi connectivity index (χ3v) is 7.58. The van der Waals surface area contributed by atoms with Crippen LogP contribution in [0.4, 0.5) is 4.39 Å². The van der Waals surface area contributed by atoms with Crippen LogP contribution in [0.3, 0.4) is 0 Å². The first kappa shape index (κ1) is 31.4. The molecule has 0 spiro atoms. The highest BCUT2D eigenvalue weighted by atomic mass is 32.1. The standard InChI is InChI=1S/C31H35FN6O5S/c1-20(44)16-37(18-29-35-25-5-4-22(31(39)40)14-26(25)38(29)17-23-8-12-41-23)10-2-11-42-30-7-9-34-28(36-30)19-43-27-6-3-21(15-33)13-24(27)32/h3,6-7,9,13-14,20,23,44H,2,4-5,8,10-12,16-19H2,1H3,(H,39,40). The van der Waals surface area contributed by atoms with E-state index < -0.39 is 11.8 Å². The van der Waals surface area contributed by atoms with Crippen LogP contribution < -0.4 is 9.47 Å². The van der Waals surface area contributed by atoms with E-state index in [1.807, 2.05) is 13.0 Å². The van der Waals surface area contributed by atoms with E-state index in [2.05, 4.69) is 32.1 Å². The highest BCUT2D eigenvalue weighted by Crippen LogP contribution is 2.28. The monoisotopic (exact) mass is 622 g/mol. The van der Waals surface area contributed by atoms with Gasteiger partial charge in [-0.3, -0.25) is 4.90 Å². The zero-order chi connectivity index (χ0) is 31.1. The van der Waals surface area contributed by atoms with Crippen LogP contribution in [-0.4, -0.2) is 73.2 Å². The van der Waals surface area contributed by atoms with E-state index in [1.54, 1.807) is 18.3 Å². The molecule has 3 heterocycles. The molecule has 2 aliphatic rings. The molecule has 1 aliphatic carbocycles. The Bertz CT molecular complexity index is 1550. The van der Waals surface area contributed by atoms with Gasteiger partial charge in [-0.2, -0.15) is 22.9 Å². The van der Waals surface area contributed by atoms with Crippen molar-refractivity contribution in [2.45, 2.75) is 63.7 Å². The maximum absolute atomic E-state index is 14.1. The van der Waals surface area contributed by atoms with Crippen LogP contribution in [0.25, 0.3) is 6.08 Å². The van der Waals surface area contributed by atoms with E-state index in [-0.39, 0.29) is 29.3 Å². The number of nitriles is 1. The van der Waals surface area contributed by atoms with Gasteiger partial charge in [-0.1, -0.05) is 6.92 Å². The molecule has 2 atom stereocenters. The van der Waals surface area contributed by atoms with Gasteiger partial charge in [0.25, 0.3) is 0 Å².